The fourth-order valence-corrected chi connectivity index (χ4v) is 3.17. The van der Waals surface area contributed by atoms with Crippen molar-refractivity contribution < 1.29 is 14.5 Å². The van der Waals surface area contributed by atoms with E-state index in [1.807, 2.05) is 12.3 Å². The molecule has 0 aliphatic carbocycles. The summed E-state index contributed by atoms with van der Waals surface area (Å²) in [5.74, 6) is -0.217. The molecule has 2 aromatic rings. The van der Waals surface area contributed by atoms with Gasteiger partial charge in [-0.05, 0) is 25.0 Å². The summed E-state index contributed by atoms with van der Waals surface area (Å²) in [4.78, 5) is 24.0. The predicted molar refractivity (Wildman–Crippen MR) is 85.3 cm³/mol. The van der Waals surface area contributed by atoms with E-state index in [9.17, 15) is 14.9 Å². The smallest absolute Gasteiger partial charge is 0.319 e. The summed E-state index contributed by atoms with van der Waals surface area (Å²) in [6.07, 6.45) is 3.81. The molecule has 0 atom stereocenters. The second-order valence-electron chi connectivity index (χ2n) is 5.81. The summed E-state index contributed by atoms with van der Waals surface area (Å²) >= 11 is 0. The summed E-state index contributed by atoms with van der Waals surface area (Å²) in [5.41, 5.74) is 1.01. The van der Waals surface area contributed by atoms with Crippen molar-refractivity contribution in [3.8, 4) is 0 Å². The Labute approximate surface area is 133 Å². The van der Waals surface area contributed by atoms with Crippen molar-refractivity contribution in [2.75, 3.05) is 26.7 Å². The predicted octanol–water partition coefficient (Wildman–Crippen LogP) is 2.36. The zero-order valence-electron chi connectivity index (χ0n) is 13.0. The van der Waals surface area contributed by atoms with Gasteiger partial charge in [0.1, 0.15) is 0 Å². The number of carbonyl (C=O) groups excluding carboxylic acids is 1. The van der Waals surface area contributed by atoms with E-state index in [0.29, 0.717) is 12.6 Å². The van der Waals surface area contributed by atoms with Gasteiger partial charge in [0.25, 0.3) is 5.69 Å². The Morgan fingerprint density at radius 2 is 2.09 bits per heavy atom. The number of piperidine rings is 1. The molecule has 0 bridgehead atoms. The SMILES string of the molecule is COC(=O)CN1CCC(n2ccc3ccc([N+](=O)[O-])cc32)CC1. The number of carbonyl (C=O) groups is 1. The Kier molecular flexibility index (Phi) is 4.29. The molecule has 3 rings (SSSR count). The lowest BCUT2D eigenvalue weighted by molar-refractivity contribution is -0.384. The lowest BCUT2D eigenvalue weighted by Crippen LogP contribution is -2.38. The number of methoxy groups -OCH3 is 1. The lowest BCUT2D eigenvalue weighted by Gasteiger charge is -2.32. The zero-order chi connectivity index (χ0) is 16.4. The van der Waals surface area contributed by atoms with Crippen molar-refractivity contribution in [1.82, 2.24) is 9.47 Å². The molecule has 1 saturated heterocycles. The van der Waals surface area contributed by atoms with Gasteiger partial charge in [0.05, 0.1) is 24.1 Å². The highest BCUT2D eigenvalue weighted by Crippen LogP contribution is 2.29. The van der Waals surface area contributed by atoms with E-state index >= 15 is 0 Å². The molecule has 1 aliphatic heterocycles. The maximum Gasteiger partial charge on any atom is 0.319 e. The number of aromatic nitrogens is 1. The van der Waals surface area contributed by atoms with Crippen LogP contribution in [0.1, 0.15) is 18.9 Å². The number of rotatable bonds is 4. The molecule has 122 valence electrons. The number of ether oxygens (including phenoxy) is 1. The zero-order valence-corrected chi connectivity index (χ0v) is 13.0. The molecule has 0 unspecified atom stereocenters. The minimum Gasteiger partial charge on any atom is -0.468 e. The second kappa shape index (κ2) is 6.37. The molecule has 1 fully saturated rings. The molecule has 0 radical (unpaired) electrons. The van der Waals surface area contributed by atoms with Gasteiger partial charge in [0.2, 0.25) is 0 Å². The largest absolute Gasteiger partial charge is 0.468 e. The van der Waals surface area contributed by atoms with E-state index < -0.39 is 0 Å². The highest BCUT2D eigenvalue weighted by Gasteiger charge is 2.23. The number of esters is 1. The van der Waals surface area contributed by atoms with Gasteiger partial charge in [0.15, 0.2) is 0 Å². The summed E-state index contributed by atoms with van der Waals surface area (Å²) < 4.78 is 6.82. The van der Waals surface area contributed by atoms with Crippen LogP contribution in [0.3, 0.4) is 0 Å². The molecule has 0 spiro atoms. The number of non-ortho nitro benzene ring substituents is 1. The Bertz CT molecular complexity index is 732. The highest BCUT2D eigenvalue weighted by molar-refractivity contribution is 5.82. The van der Waals surface area contributed by atoms with Crippen LogP contribution in [0.2, 0.25) is 0 Å². The van der Waals surface area contributed by atoms with Crippen LogP contribution in [0.5, 0.6) is 0 Å². The molecule has 1 aliphatic rings. The number of fused-ring (bicyclic) bond motifs is 1. The maximum absolute atomic E-state index is 11.3. The van der Waals surface area contributed by atoms with Crippen LogP contribution in [0.25, 0.3) is 10.9 Å². The molecule has 1 aromatic carbocycles. The number of nitrogens with zero attached hydrogens (tertiary/aromatic N) is 3. The lowest BCUT2D eigenvalue weighted by atomic mass is 10.0. The van der Waals surface area contributed by atoms with Crippen LogP contribution in [0, 0.1) is 10.1 Å². The molecular weight excluding hydrogens is 298 g/mol. The number of nitro groups is 1. The van der Waals surface area contributed by atoms with Crippen LogP contribution in [-0.4, -0.2) is 47.1 Å². The summed E-state index contributed by atoms with van der Waals surface area (Å²) in [6, 6.07) is 7.24. The molecule has 0 saturated carbocycles. The van der Waals surface area contributed by atoms with Gasteiger partial charge in [-0.25, -0.2) is 0 Å². The molecule has 0 N–H and O–H groups in total. The second-order valence-corrected chi connectivity index (χ2v) is 5.81. The van der Waals surface area contributed by atoms with E-state index in [2.05, 4.69) is 9.47 Å². The van der Waals surface area contributed by atoms with Gasteiger partial charge in [-0.3, -0.25) is 19.8 Å². The summed E-state index contributed by atoms with van der Waals surface area (Å²) in [5, 5.41) is 12.0. The maximum atomic E-state index is 11.3. The summed E-state index contributed by atoms with van der Waals surface area (Å²) in [7, 11) is 1.40. The first-order chi connectivity index (χ1) is 11.1. The van der Waals surface area contributed by atoms with Crippen LogP contribution in [0.4, 0.5) is 5.69 Å². The van der Waals surface area contributed by atoms with E-state index in [4.69, 9.17) is 4.74 Å². The molecular formula is C16H19N3O4. The van der Waals surface area contributed by atoms with Crippen LogP contribution in [-0.2, 0) is 9.53 Å². The van der Waals surface area contributed by atoms with Gasteiger partial charge < -0.3 is 9.30 Å². The van der Waals surface area contributed by atoms with E-state index in [1.54, 1.807) is 12.1 Å². The number of hydrogen-bond acceptors (Lipinski definition) is 5. The molecule has 2 heterocycles. The molecule has 23 heavy (non-hydrogen) atoms. The van der Waals surface area contributed by atoms with Gasteiger partial charge in [0, 0.05) is 42.8 Å². The van der Waals surface area contributed by atoms with Crippen molar-refractivity contribution in [2.45, 2.75) is 18.9 Å². The average Bonchev–Trinajstić information content (AvgIpc) is 2.98. The third kappa shape index (κ3) is 3.19. The molecule has 7 nitrogen and oxygen atoms in total. The fraction of sp³-hybridized carbons (Fsp3) is 0.438. The molecule has 7 heteroatoms. The first kappa shape index (κ1) is 15.5. The van der Waals surface area contributed by atoms with E-state index in [0.717, 1.165) is 36.8 Å². The number of likely N-dealkylation sites (tertiary alicyclic amines) is 1. The van der Waals surface area contributed by atoms with E-state index in [1.165, 1.54) is 13.2 Å². The van der Waals surface area contributed by atoms with Crippen molar-refractivity contribution in [2.24, 2.45) is 0 Å². The Hall–Kier alpha value is -2.41. The minimum absolute atomic E-state index is 0.112. The summed E-state index contributed by atoms with van der Waals surface area (Å²) in [6.45, 7) is 1.95. The Balaban J connectivity index is 1.75. The van der Waals surface area contributed by atoms with E-state index in [-0.39, 0.29) is 16.6 Å². The quantitative estimate of drug-likeness (QED) is 0.491. The van der Waals surface area contributed by atoms with Crippen molar-refractivity contribution in [1.29, 1.82) is 0 Å². The average molecular weight is 317 g/mol. The normalized spacial score (nSPS) is 16.6. The van der Waals surface area contributed by atoms with Crippen molar-refractivity contribution >= 4 is 22.6 Å². The third-order valence-electron chi connectivity index (χ3n) is 4.45. The van der Waals surface area contributed by atoms with Gasteiger partial charge in [-0.2, -0.15) is 0 Å². The number of benzene rings is 1. The van der Waals surface area contributed by atoms with Crippen LogP contribution < -0.4 is 0 Å². The van der Waals surface area contributed by atoms with Gasteiger partial charge >= 0.3 is 5.97 Å². The van der Waals surface area contributed by atoms with Gasteiger partial charge in [-0.15, -0.1) is 0 Å². The Morgan fingerprint density at radius 1 is 1.35 bits per heavy atom. The monoisotopic (exact) mass is 317 g/mol. The first-order valence-corrected chi connectivity index (χ1v) is 7.62. The van der Waals surface area contributed by atoms with Crippen LogP contribution in [0.15, 0.2) is 30.5 Å². The topological polar surface area (TPSA) is 77.6 Å². The first-order valence-electron chi connectivity index (χ1n) is 7.62. The third-order valence-corrected chi connectivity index (χ3v) is 4.45. The standard InChI is InChI=1S/C16H19N3O4/c1-23-16(20)11-17-7-5-13(6-8-17)18-9-4-12-2-3-14(19(21)22)10-15(12)18/h2-4,9-10,13H,5-8,11H2,1H3. The van der Waals surface area contributed by atoms with Crippen molar-refractivity contribution in [3.63, 3.8) is 0 Å². The van der Waals surface area contributed by atoms with Crippen molar-refractivity contribution in [3.05, 3.63) is 40.6 Å². The number of hydrogen-bond donors (Lipinski definition) is 0. The Morgan fingerprint density at radius 3 is 2.74 bits per heavy atom. The molecule has 0 amide bonds. The number of nitro benzene ring substituents is 1. The minimum atomic E-state index is -0.365. The molecule has 1 aromatic heterocycles. The van der Waals surface area contributed by atoms with Crippen LogP contribution >= 0.6 is 0 Å². The highest BCUT2D eigenvalue weighted by atomic mass is 16.6. The fourth-order valence-electron chi connectivity index (χ4n) is 3.17. The van der Waals surface area contributed by atoms with Gasteiger partial charge in [-0.1, -0.05) is 0 Å².